The molecule has 0 aromatic heterocycles. The molecule has 0 aliphatic rings. The summed E-state index contributed by atoms with van der Waals surface area (Å²) >= 11 is 2.16. The average Bonchev–Trinajstić information content (AvgIpc) is 2.08. The Morgan fingerprint density at radius 2 is 1.71 bits per heavy atom. The molecule has 0 aliphatic carbocycles. The smallest absolute Gasteiger partial charge is 0.271 e. The Balaban J connectivity index is 2.85. The average molecular weight is 326 g/mol. The van der Waals surface area contributed by atoms with Gasteiger partial charge in [-0.25, -0.2) is 0 Å². The molecule has 0 heterocycles. The summed E-state index contributed by atoms with van der Waals surface area (Å²) in [5.74, 6) is 0. The zero-order valence-corrected chi connectivity index (χ0v) is 10.8. The van der Waals surface area contributed by atoms with E-state index in [1.165, 1.54) is 14.1 Å². The van der Waals surface area contributed by atoms with Crippen molar-refractivity contribution in [3.8, 4) is 0 Å². The van der Waals surface area contributed by atoms with Crippen molar-refractivity contribution in [2.75, 3.05) is 18.8 Å². The summed E-state index contributed by atoms with van der Waals surface area (Å²) in [6, 6.07) is 7.13. The van der Waals surface area contributed by atoms with E-state index >= 15 is 0 Å². The van der Waals surface area contributed by atoms with Gasteiger partial charge in [0.05, 0.1) is 0 Å². The molecule has 0 radical (unpaired) electrons. The lowest BCUT2D eigenvalue weighted by Gasteiger charge is -2.13. The fourth-order valence-electron chi connectivity index (χ4n) is 0.758. The molecule has 4 nitrogen and oxygen atoms in total. The lowest BCUT2D eigenvalue weighted by Crippen LogP contribution is -2.28. The summed E-state index contributed by atoms with van der Waals surface area (Å²) in [4.78, 5) is 0. The zero-order chi connectivity index (χ0) is 10.8. The number of nitrogens with one attached hydrogen (secondary N) is 1. The molecular weight excluding hydrogens is 315 g/mol. The van der Waals surface area contributed by atoms with Gasteiger partial charge in [0.25, 0.3) is 0 Å². The molecule has 78 valence electrons. The van der Waals surface area contributed by atoms with Gasteiger partial charge in [-0.2, -0.15) is 12.7 Å². The first-order valence-corrected chi connectivity index (χ1v) is 6.39. The van der Waals surface area contributed by atoms with Crippen molar-refractivity contribution in [3.63, 3.8) is 0 Å². The van der Waals surface area contributed by atoms with Gasteiger partial charge in [-0.3, -0.25) is 4.72 Å². The highest BCUT2D eigenvalue weighted by Crippen LogP contribution is 2.12. The summed E-state index contributed by atoms with van der Waals surface area (Å²) in [6.07, 6.45) is 0. The molecule has 1 rings (SSSR count). The number of rotatable bonds is 3. The van der Waals surface area contributed by atoms with Crippen LogP contribution in [-0.2, 0) is 10.2 Å². The molecule has 14 heavy (non-hydrogen) atoms. The van der Waals surface area contributed by atoms with Crippen LogP contribution in [0.4, 0.5) is 5.69 Å². The van der Waals surface area contributed by atoms with Crippen LogP contribution in [0.3, 0.4) is 0 Å². The van der Waals surface area contributed by atoms with E-state index in [0.29, 0.717) is 5.69 Å². The first-order valence-electron chi connectivity index (χ1n) is 3.87. The second-order valence-corrected chi connectivity index (χ2v) is 6.03. The van der Waals surface area contributed by atoms with Crippen LogP contribution in [0.5, 0.6) is 0 Å². The summed E-state index contributed by atoms with van der Waals surface area (Å²) in [5, 5.41) is 0. The van der Waals surface area contributed by atoms with E-state index in [9.17, 15) is 8.42 Å². The normalized spacial score (nSPS) is 11.7. The zero-order valence-electron chi connectivity index (χ0n) is 7.86. The Morgan fingerprint density at radius 1 is 1.21 bits per heavy atom. The lowest BCUT2D eigenvalue weighted by atomic mass is 10.3. The molecule has 0 bridgehead atoms. The van der Waals surface area contributed by atoms with Gasteiger partial charge < -0.3 is 0 Å². The SMILES string of the molecule is CN(C)S(=O)(=O)Nc1ccc(I)cc1. The van der Waals surface area contributed by atoms with E-state index in [4.69, 9.17) is 0 Å². The molecule has 0 unspecified atom stereocenters. The predicted molar refractivity (Wildman–Crippen MR) is 65.4 cm³/mol. The minimum absolute atomic E-state index is 0.569. The van der Waals surface area contributed by atoms with Gasteiger partial charge in [0.2, 0.25) is 0 Å². The lowest BCUT2D eigenvalue weighted by molar-refractivity contribution is 0.527. The minimum atomic E-state index is -3.38. The molecule has 0 fully saturated rings. The molecule has 1 aromatic carbocycles. The van der Waals surface area contributed by atoms with E-state index < -0.39 is 10.2 Å². The molecule has 0 amide bonds. The Morgan fingerprint density at radius 3 is 2.14 bits per heavy atom. The van der Waals surface area contributed by atoms with E-state index in [-0.39, 0.29) is 0 Å². The molecular formula is C8H11IN2O2S. The second-order valence-electron chi connectivity index (χ2n) is 2.90. The predicted octanol–water partition coefficient (Wildman–Crippen LogP) is 1.51. The quantitative estimate of drug-likeness (QED) is 0.856. The van der Waals surface area contributed by atoms with Crippen molar-refractivity contribution in [3.05, 3.63) is 27.8 Å². The van der Waals surface area contributed by atoms with Gasteiger partial charge >= 0.3 is 10.2 Å². The maximum absolute atomic E-state index is 11.4. The topological polar surface area (TPSA) is 49.4 Å². The van der Waals surface area contributed by atoms with Crippen LogP contribution in [0.25, 0.3) is 0 Å². The summed E-state index contributed by atoms with van der Waals surface area (Å²) in [7, 11) is -0.421. The van der Waals surface area contributed by atoms with Crippen LogP contribution in [0.1, 0.15) is 0 Å². The van der Waals surface area contributed by atoms with Crippen LogP contribution in [-0.4, -0.2) is 26.8 Å². The van der Waals surface area contributed by atoms with Crippen molar-refractivity contribution in [1.82, 2.24) is 4.31 Å². The van der Waals surface area contributed by atoms with Crippen molar-refractivity contribution in [1.29, 1.82) is 0 Å². The molecule has 1 aromatic rings. The highest BCUT2D eigenvalue weighted by atomic mass is 127. The van der Waals surface area contributed by atoms with Crippen LogP contribution in [0, 0.1) is 3.57 Å². The largest absolute Gasteiger partial charge is 0.301 e. The van der Waals surface area contributed by atoms with Gasteiger partial charge in [0, 0.05) is 23.4 Å². The monoisotopic (exact) mass is 326 g/mol. The number of halogens is 1. The van der Waals surface area contributed by atoms with Gasteiger partial charge in [0.1, 0.15) is 0 Å². The van der Waals surface area contributed by atoms with Gasteiger partial charge in [-0.05, 0) is 46.9 Å². The molecule has 0 atom stereocenters. The third-order valence-corrected chi connectivity index (χ3v) is 3.75. The number of hydrogen-bond acceptors (Lipinski definition) is 2. The van der Waals surface area contributed by atoms with Crippen LogP contribution < -0.4 is 4.72 Å². The van der Waals surface area contributed by atoms with E-state index in [1.807, 2.05) is 12.1 Å². The van der Waals surface area contributed by atoms with Gasteiger partial charge in [0.15, 0.2) is 0 Å². The van der Waals surface area contributed by atoms with Crippen LogP contribution in [0.15, 0.2) is 24.3 Å². The fraction of sp³-hybridized carbons (Fsp3) is 0.250. The maximum Gasteiger partial charge on any atom is 0.301 e. The minimum Gasteiger partial charge on any atom is -0.271 e. The fourth-order valence-corrected chi connectivity index (χ4v) is 1.73. The van der Waals surface area contributed by atoms with Crippen molar-refractivity contribution in [2.45, 2.75) is 0 Å². The van der Waals surface area contributed by atoms with Crippen molar-refractivity contribution < 1.29 is 8.42 Å². The third-order valence-electron chi connectivity index (χ3n) is 1.57. The molecule has 6 heteroatoms. The highest BCUT2D eigenvalue weighted by molar-refractivity contribution is 14.1. The molecule has 1 N–H and O–H groups in total. The van der Waals surface area contributed by atoms with E-state index in [1.54, 1.807) is 12.1 Å². The highest BCUT2D eigenvalue weighted by Gasteiger charge is 2.12. The van der Waals surface area contributed by atoms with Gasteiger partial charge in [-0.1, -0.05) is 0 Å². The molecule has 0 aliphatic heterocycles. The summed E-state index contributed by atoms with van der Waals surface area (Å²) in [5.41, 5.74) is 0.569. The summed E-state index contributed by atoms with van der Waals surface area (Å²) in [6.45, 7) is 0. The maximum atomic E-state index is 11.4. The van der Waals surface area contributed by atoms with Gasteiger partial charge in [-0.15, -0.1) is 0 Å². The van der Waals surface area contributed by atoms with E-state index in [2.05, 4.69) is 27.3 Å². The standard InChI is InChI=1S/C8H11IN2O2S/c1-11(2)14(12,13)10-8-5-3-7(9)4-6-8/h3-6,10H,1-2H3. The first kappa shape index (κ1) is 11.7. The Hall–Kier alpha value is -0.340. The molecule has 0 saturated carbocycles. The Kier molecular flexibility index (Phi) is 3.73. The van der Waals surface area contributed by atoms with Crippen LogP contribution in [0.2, 0.25) is 0 Å². The third kappa shape index (κ3) is 3.10. The second kappa shape index (κ2) is 4.45. The number of hydrogen-bond donors (Lipinski definition) is 1. The van der Waals surface area contributed by atoms with Crippen LogP contribution >= 0.6 is 22.6 Å². The van der Waals surface area contributed by atoms with Crippen molar-refractivity contribution >= 4 is 38.5 Å². The number of anilines is 1. The first-order chi connectivity index (χ1) is 6.42. The molecule has 0 spiro atoms. The molecule has 0 saturated heterocycles. The number of nitrogens with zero attached hydrogens (tertiary/aromatic N) is 1. The number of benzene rings is 1. The van der Waals surface area contributed by atoms with E-state index in [0.717, 1.165) is 7.88 Å². The Bertz CT molecular complexity index is 400. The Labute approximate surface area is 97.6 Å². The summed E-state index contributed by atoms with van der Waals surface area (Å²) < 4.78 is 27.4. The van der Waals surface area contributed by atoms with Crippen molar-refractivity contribution in [2.24, 2.45) is 0 Å².